The van der Waals surface area contributed by atoms with Gasteiger partial charge in [0.2, 0.25) is 0 Å². The van der Waals surface area contributed by atoms with Gasteiger partial charge in [-0.25, -0.2) is 4.98 Å². The van der Waals surface area contributed by atoms with Crippen LogP contribution < -0.4 is 4.90 Å². The van der Waals surface area contributed by atoms with Crippen molar-refractivity contribution >= 4 is 5.82 Å². The van der Waals surface area contributed by atoms with Gasteiger partial charge in [-0.1, -0.05) is 26.8 Å². The summed E-state index contributed by atoms with van der Waals surface area (Å²) < 4.78 is 0. The first-order valence-corrected chi connectivity index (χ1v) is 4.56. The van der Waals surface area contributed by atoms with Gasteiger partial charge in [0.15, 0.2) is 0 Å². The Bertz CT molecular complexity index is 284. The second kappa shape index (κ2) is 3.36. The normalized spacial score (nSPS) is 11.5. The second-order valence-corrected chi connectivity index (χ2v) is 4.53. The second-order valence-electron chi connectivity index (χ2n) is 4.53. The predicted octanol–water partition coefficient (Wildman–Crippen LogP) is 2.45. The summed E-state index contributed by atoms with van der Waals surface area (Å²) in [4.78, 5) is 6.59. The lowest BCUT2D eigenvalue weighted by Crippen LogP contribution is -2.17. The molecule has 0 amide bonds. The van der Waals surface area contributed by atoms with Crippen LogP contribution in [0.5, 0.6) is 0 Å². The van der Waals surface area contributed by atoms with Gasteiger partial charge in [-0.2, -0.15) is 0 Å². The lowest BCUT2D eigenvalue weighted by atomic mass is 9.92. The summed E-state index contributed by atoms with van der Waals surface area (Å²) in [5, 5.41) is 0. The first kappa shape index (κ1) is 10.0. The van der Waals surface area contributed by atoms with Gasteiger partial charge < -0.3 is 4.90 Å². The Morgan fingerprint density at radius 2 is 1.77 bits per heavy atom. The third-order valence-electron chi connectivity index (χ3n) is 1.96. The van der Waals surface area contributed by atoms with Crippen molar-refractivity contribution in [2.24, 2.45) is 0 Å². The first-order chi connectivity index (χ1) is 5.91. The number of anilines is 1. The molecule has 1 aromatic heterocycles. The maximum absolute atomic E-state index is 4.57. The number of hydrogen-bond acceptors (Lipinski definition) is 2. The molecule has 0 fully saturated rings. The standard InChI is InChI=1S/C11H18N2/c1-11(2,3)9-7-6-8-10(12-9)13(4)5/h6-8H,1-5H3. The van der Waals surface area contributed by atoms with Crippen molar-refractivity contribution in [1.82, 2.24) is 4.98 Å². The number of rotatable bonds is 1. The van der Waals surface area contributed by atoms with E-state index in [1.807, 2.05) is 25.1 Å². The molecule has 0 aliphatic rings. The minimum absolute atomic E-state index is 0.131. The van der Waals surface area contributed by atoms with Crippen molar-refractivity contribution in [2.45, 2.75) is 26.2 Å². The maximum atomic E-state index is 4.57. The van der Waals surface area contributed by atoms with Crippen LogP contribution in [0.15, 0.2) is 18.2 Å². The van der Waals surface area contributed by atoms with Crippen molar-refractivity contribution in [1.29, 1.82) is 0 Å². The van der Waals surface area contributed by atoms with E-state index in [0.29, 0.717) is 0 Å². The van der Waals surface area contributed by atoms with E-state index in [2.05, 4.69) is 37.9 Å². The van der Waals surface area contributed by atoms with Crippen LogP contribution in [-0.4, -0.2) is 19.1 Å². The zero-order valence-corrected chi connectivity index (χ0v) is 9.13. The summed E-state index contributed by atoms with van der Waals surface area (Å²) >= 11 is 0. The number of hydrogen-bond donors (Lipinski definition) is 0. The fourth-order valence-electron chi connectivity index (χ4n) is 1.09. The molecule has 0 aliphatic carbocycles. The van der Waals surface area contributed by atoms with Gasteiger partial charge in [-0.05, 0) is 12.1 Å². The van der Waals surface area contributed by atoms with Crippen molar-refractivity contribution in [3.63, 3.8) is 0 Å². The Balaban J connectivity index is 3.06. The van der Waals surface area contributed by atoms with E-state index in [1.54, 1.807) is 0 Å². The monoisotopic (exact) mass is 178 g/mol. The third-order valence-corrected chi connectivity index (χ3v) is 1.96. The Hall–Kier alpha value is -1.05. The van der Waals surface area contributed by atoms with Crippen molar-refractivity contribution in [3.8, 4) is 0 Å². The van der Waals surface area contributed by atoms with Crippen molar-refractivity contribution in [3.05, 3.63) is 23.9 Å². The minimum atomic E-state index is 0.131. The highest BCUT2D eigenvalue weighted by Crippen LogP contribution is 2.21. The highest BCUT2D eigenvalue weighted by Gasteiger charge is 2.15. The molecule has 2 heteroatoms. The van der Waals surface area contributed by atoms with Crippen LogP contribution in [-0.2, 0) is 5.41 Å². The van der Waals surface area contributed by atoms with Gasteiger partial charge in [-0.3, -0.25) is 0 Å². The molecule has 0 aliphatic heterocycles. The van der Waals surface area contributed by atoms with E-state index >= 15 is 0 Å². The minimum Gasteiger partial charge on any atom is -0.363 e. The molecule has 0 unspecified atom stereocenters. The van der Waals surface area contributed by atoms with E-state index in [-0.39, 0.29) is 5.41 Å². The maximum Gasteiger partial charge on any atom is 0.128 e. The lowest BCUT2D eigenvalue weighted by molar-refractivity contribution is 0.569. The smallest absolute Gasteiger partial charge is 0.128 e. The van der Waals surface area contributed by atoms with Crippen LogP contribution in [0.1, 0.15) is 26.5 Å². The van der Waals surface area contributed by atoms with E-state index < -0.39 is 0 Å². The molecule has 72 valence electrons. The van der Waals surface area contributed by atoms with Crippen LogP contribution in [0.25, 0.3) is 0 Å². The molecule has 13 heavy (non-hydrogen) atoms. The average molecular weight is 178 g/mol. The van der Waals surface area contributed by atoms with E-state index in [0.717, 1.165) is 11.5 Å². The fourth-order valence-corrected chi connectivity index (χ4v) is 1.09. The zero-order chi connectivity index (χ0) is 10.1. The molecule has 0 bridgehead atoms. The van der Waals surface area contributed by atoms with Crippen molar-refractivity contribution in [2.75, 3.05) is 19.0 Å². The molecule has 0 atom stereocenters. The molecule has 1 aromatic rings. The molecule has 0 radical (unpaired) electrons. The highest BCUT2D eigenvalue weighted by atomic mass is 15.1. The fraction of sp³-hybridized carbons (Fsp3) is 0.545. The molecular weight excluding hydrogens is 160 g/mol. The summed E-state index contributed by atoms with van der Waals surface area (Å²) in [5.41, 5.74) is 1.27. The Morgan fingerprint density at radius 1 is 1.15 bits per heavy atom. The van der Waals surface area contributed by atoms with E-state index in [1.165, 1.54) is 0 Å². The number of nitrogens with zero attached hydrogens (tertiary/aromatic N) is 2. The molecule has 0 N–H and O–H groups in total. The third kappa shape index (κ3) is 2.44. The van der Waals surface area contributed by atoms with Crippen molar-refractivity contribution < 1.29 is 0 Å². The van der Waals surface area contributed by atoms with Gasteiger partial charge in [-0.15, -0.1) is 0 Å². The number of pyridine rings is 1. The molecule has 2 nitrogen and oxygen atoms in total. The first-order valence-electron chi connectivity index (χ1n) is 4.56. The highest BCUT2D eigenvalue weighted by molar-refractivity contribution is 5.38. The summed E-state index contributed by atoms with van der Waals surface area (Å²) in [5.74, 6) is 1.02. The molecule has 0 saturated heterocycles. The van der Waals surface area contributed by atoms with Gasteiger partial charge in [0.25, 0.3) is 0 Å². The van der Waals surface area contributed by atoms with E-state index in [9.17, 15) is 0 Å². The Kier molecular flexibility index (Phi) is 2.60. The topological polar surface area (TPSA) is 16.1 Å². The van der Waals surface area contributed by atoms with Crippen LogP contribution in [0.2, 0.25) is 0 Å². The van der Waals surface area contributed by atoms with Gasteiger partial charge in [0, 0.05) is 25.2 Å². The molecule has 1 heterocycles. The van der Waals surface area contributed by atoms with Crippen LogP contribution >= 0.6 is 0 Å². The average Bonchev–Trinajstić information content (AvgIpc) is 2.03. The molecule has 1 rings (SSSR count). The Labute approximate surface area is 80.6 Å². The van der Waals surface area contributed by atoms with Crippen LogP contribution in [0, 0.1) is 0 Å². The molecule has 0 saturated carbocycles. The molecule has 0 spiro atoms. The quantitative estimate of drug-likeness (QED) is 0.656. The number of aromatic nitrogens is 1. The lowest BCUT2D eigenvalue weighted by Gasteiger charge is -2.20. The summed E-state index contributed by atoms with van der Waals surface area (Å²) in [6.07, 6.45) is 0. The Morgan fingerprint density at radius 3 is 2.23 bits per heavy atom. The zero-order valence-electron chi connectivity index (χ0n) is 9.13. The van der Waals surface area contributed by atoms with Crippen LogP contribution in [0.4, 0.5) is 5.82 Å². The largest absolute Gasteiger partial charge is 0.363 e. The van der Waals surface area contributed by atoms with Gasteiger partial charge in [0.05, 0.1) is 0 Å². The molecule has 0 aromatic carbocycles. The van der Waals surface area contributed by atoms with Gasteiger partial charge >= 0.3 is 0 Å². The summed E-state index contributed by atoms with van der Waals surface area (Å²) in [6.45, 7) is 6.53. The SMILES string of the molecule is CN(C)c1cccc(C(C)(C)C)n1. The summed E-state index contributed by atoms with van der Waals surface area (Å²) in [7, 11) is 4.02. The van der Waals surface area contributed by atoms with E-state index in [4.69, 9.17) is 0 Å². The van der Waals surface area contributed by atoms with Gasteiger partial charge in [0.1, 0.15) is 5.82 Å². The molecular formula is C11H18N2. The summed E-state index contributed by atoms with van der Waals surface area (Å²) in [6, 6.07) is 6.16. The van der Waals surface area contributed by atoms with Crippen LogP contribution in [0.3, 0.4) is 0 Å². The predicted molar refractivity (Wildman–Crippen MR) is 57.3 cm³/mol.